The van der Waals surface area contributed by atoms with Gasteiger partial charge in [0.05, 0.1) is 5.69 Å². The molecule has 0 saturated carbocycles. The van der Waals surface area contributed by atoms with E-state index in [1.165, 1.54) is 12.1 Å². The lowest BCUT2D eigenvalue weighted by Crippen LogP contribution is -2.10. The number of halogens is 1. The van der Waals surface area contributed by atoms with Gasteiger partial charge >= 0.3 is 0 Å². The Balaban J connectivity index is 2.15. The Kier molecular flexibility index (Phi) is 3.31. The maximum atomic E-state index is 12.7. The summed E-state index contributed by atoms with van der Waals surface area (Å²) in [6.45, 7) is 0.857. The van der Waals surface area contributed by atoms with Gasteiger partial charge in [0.2, 0.25) is 5.89 Å². The lowest BCUT2D eigenvalue weighted by Gasteiger charge is -1.94. The molecule has 0 aliphatic heterocycles. The highest BCUT2D eigenvalue weighted by Gasteiger charge is 2.06. The highest BCUT2D eigenvalue weighted by atomic mass is 19.1. The fraction of sp³-hybridized carbons (Fsp3) is 0.250. The van der Waals surface area contributed by atoms with Crippen molar-refractivity contribution in [2.24, 2.45) is 0 Å². The van der Waals surface area contributed by atoms with E-state index in [9.17, 15) is 4.39 Å². The van der Waals surface area contributed by atoms with E-state index in [0.717, 1.165) is 24.2 Å². The maximum Gasteiger partial charge on any atom is 0.226 e. The average Bonchev–Trinajstić information content (AvgIpc) is 2.76. The third-order valence-corrected chi connectivity index (χ3v) is 2.27. The molecule has 0 radical (unpaired) electrons. The van der Waals surface area contributed by atoms with E-state index in [1.54, 1.807) is 18.4 Å². The maximum absolute atomic E-state index is 12.7. The van der Waals surface area contributed by atoms with E-state index in [-0.39, 0.29) is 5.82 Å². The molecule has 16 heavy (non-hydrogen) atoms. The third kappa shape index (κ3) is 2.46. The van der Waals surface area contributed by atoms with Crippen molar-refractivity contribution in [2.45, 2.75) is 6.42 Å². The van der Waals surface area contributed by atoms with Gasteiger partial charge in [0.15, 0.2) is 0 Å². The molecule has 0 aliphatic rings. The van der Waals surface area contributed by atoms with E-state index >= 15 is 0 Å². The summed E-state index contributed by atoms with van der Waals surface area (Å²) in [7, 11) is 1.89. The molecule has 0 fully saturated rings. The number of aromatic nitrogens is 1. The normalized spacial score (nSPS) is 10.6. The zero-order valence-corrected chi connectivity index (χ0v) is 9.03. The summed E-state index contributed by atoms with van der Waals surface area (Å²) >= 11 is 0. The predicted octanol–water partition coefficient (Wildman–Crippen LogP) is 2.24. The summed E-state index contributed by atoms with van der Waals surface area (Å²) in [6, 6.07) is 6.10. The largest absolute Gasteiger partial charge is 0.444 e. The first-order valence-corrected chi connectivity index (χ1v) is 5.14. The highest BCUT2D eigenvalue weighted by molar-refractivity contribution is 5.52. The lowest BCUT2D eigenvalue weighted by molar-refractivity contribution is 0.571. The van der Waals surface area contributed by atoms with Crippen molar-refractivity contribution >= 4 is 0 Å². The SMILES string of the molecule is CNCCc1coc(-c2ccc(F)cc2)n1. The molecular formula is C12H13FN2O. The summed E-state index contributed by atoms with van der Waals surface area (Å²) in [4.78, 5) is 4.32. The van der Waals surface area contributed by atoms with Crippen LogP contribution in [-0.2, 0) is 6.42 Å². The molecule has 0 atom stereocenters. The second kappa shape index (κ2) is 4.90. The molecule has 1 aromatic heterocycles. The average molecular weight is 220 g/mol. The quantitative estimate of drug-likeness (QED) is 0.858. The summed E-state index contributed by atoms with van der Waals surface area (Å²) in [5.41, 5.74) is 1.69. The standard InChI is InChI=1S/C12H13FN2O/c1-14-7-6-11-8-16-12(15-11)9-2-4-10(13)5-3-9/h2-5,8,14H,6-7H2,1H3. The molecule has 1 heterocycles. The smallest absolute Gasteiger partial charge is 0.226 e. The molecule has 2 rings (SSSR count). The molecule has 0 saturated heterocycles. The topological polar surface area (TPSA) is 38.1 Å². The van der Waals surface area contributed by atoms with Gasteiger partial charge in [-0.05, 0) is 31.3 Å². The third-order valence-electron chi connectivity index (χ3n) is 2.27. The number of benzene rings is 1. The molecule has 1 aromatic carbocycles. The van der Waals surface area contributed by atoms with Crippen LogP contribution in [0.5, 0.6) is 0 Å². The molecule has 3 nitrogen and oxygen atoms in total. The van der Waals surface area contributed by atoms with Gasteiger partial charge in [0.25, 0.3) is 0 Å². The van der Waals surface area contributed by atoms with Crippen LogP contribution in [0.1, 0.15) is 5.69 Å². The van der Waals surface area contributed by atoms with Gasteiger partial charge < -0.3 is 9.73 Å². The summed E-state index contributed by atoms with van der Waals surface area (Å²) < 4.78 is 18.0. The van der Waals surface area contributed by atoms with Crippen molar-refractivity contribution in [3.05, 3.63) is 42.0 Å². The van der Waals surface area contributed by atoms with Gasteiger partial charge in [0, 0.05) is 18.5 Å². The number of likely N-dealkylation sites (N-methyl/N-ethyl adjacent to an activating group) is 1. The molecule has 0 spiro atoms. The zero-order valence-electron chi connectivity index (χ0n) is 9.03. The molecule has 0 unspecified atom stereocenters. The number of oxazole rings is 1. The van der Waals surface area contributed by atoms with Crippen molar-refractivity contribution in [3.63, 3.8) is 0 Å². The second-order valence-corrected chi connectivity index (χ2v) is 3.50. The Bertz CT molecular complexity index is 450. The van der Waals surface area contributed by atoms with Crippen LogP contribution in [0, 0.1) is 5.82 Å². The molecule has 1 N–H and O–H groups in total. The Morgan fingerprint density at radius 2 is 2.06 bits per heavy atom. The number of nitrogens with one attached hydrogen (secondary N) is 1. The van der Waals surface area contributed by atoms with Crippen molar-refractivity contribution in [1.82, 2.24) is 10.3 Å². The zero-order chi connectivity index (χ0) is 11.4. The summed E-state index contributed by atoms with van der Waals surface area (Å²) in [5, 5.41) is 3.04. The van der Waals surface area contributed by atoms with Crippen molar-refractivity contribution < 1.29 is 8.81 Å². The van der Waals surface area contributed by atoms with E-state index in [0.29, 0.717) is 5.89 Å². The Morgan fingerprint density at radius 1 is 1.31 bits per heavy atom. The van der Waals surface area contributed by atoms with Crippen molar-refractivity contribution in [3.8, 4) is 11.5 Å². The van der Waals surface area contributed by atoms with Crippen molar-refractivity contribution in [2.75, 3.05) is 13.6 Å². The molecule has 0 aliphatic carbocycles. The first kappa shape index (κ1) is 10.8. The van der Waals surface area contributed by atoms with E-state index < -0.39 is 0 Å². The van der Waals surface area contributed by atoms with Crippen LogP contribution in [0.15, 0.2) is 34.9 Å². The van der Waals surface area contributed by atoms with Gasteiger partial charge in [0.1, 0.15) is 12.1 Å². The lowest BCUT2D eigenvalue weighted by atomic mass is 10.2. The van der Waals surface area contributed by atoms with Crippen LogP contribution in [-0.4, -0.2) is 18.6 Å². The van der Waals surface area contributed by atoms with Gasteiger partial charge in [-0.25, -0.2) is 9.37 Å². The molecule has 0 bridgehead atoms. The molecule has 84 valence electrons. The number of nitrogens with zero attached hydrogens (tertiary/aromatic N) is 1. The Hall–Kier alpha value is -1.68. The van der Waals surface area contributed by atoms with Crippen LogP contribution in [0.2, 0.25) is 0 Å². The molecule has 4 heteroatoms. The summed E-state index contributed by atoms with van der Waals surface area (Å²) in [5.74, 6) is 0.275. The first-order valence-electron chi connectivity index (χ1n) is 5.14. The van der Waals surface area contributed by atoms with Gasteiger partial charge in [-0.2, -0.15) is 0 Å². The Labute approximate surface area is 93.3 Å². The minimum absolute atomic E-state index is 0.259. The predicted molar refractivity (Wildman–Crippen MR) is 59.5 cm³/mol. The monoisotopic (exact) mass is 220 g/mol. The van der Waals surface area contributed by atoms with Crippen molar-refractivity contribution in [1.29, 1.82) is 0 Å². The fourth-order valence-corrected chi connectivity index (χ4v) is 1.40. The van der Waals surface area contributed by atoms with E-state index in [1.807, 2.05) is 7.05 Å². The number of hydrogen-bond donors (Lipinski definition) is 1. The number of rotatable bonds is 4. The number of hydrogen-bond acceptors (Lipinski definition) is 3. The minimum Gasteiger partial charge on any atom is -0.444 e. The van der Waals surface area contributed by atoms with E-state index in [4.69, 9.17) is 4.42 Å². The van der Waals surface area contributed by atoms with Gasteiger partial charge in [-0.15, -0.1) is 0 Å². The van der Waals surface area contributed by atoms with Crippen LogP contribution in [0.3, 0.4) is 0 Å². The molecule has 0 amide bonds. The first-order chi connectivity index (χ1) is 7.79. The van der Waals surface area contributed by atoms with Gasteiger partial charge in [-0.1, -0.05) is 0 Å². The minimum atomic E-state index is -0.259. The molecular weight excluding hydrogens is 207 g/mol. The van der Waals surface area contributed by atoms with Crippen LogP contribution in [0.25, 0.3) is 11.5 Å². The van der Waals surface area contributed by atoms with Crippen LogP contribution >= 0.6 is 0 Å². The fourth-order valence-electron chi connectivity index (χ4n) is 1.40. The molecule has 2 aromatic rings. The Morgan fingerprint density at radius 3 is 2.75 bits per heavy atom. The van der Waals surface area contributed by atoms with Gasteiger partial charge in [-0.3, -0.25) is 0 Å². The summed E-state index contributed by atoms with van der Waals surface area (Å²) in [6.07, 6.45) is 2.46. The van der Waals surface area contributed by atoms with E-state index in [2.05, 4.69) is 10.3 Å². The van der Waals surface area contributed by atoms with Crippen LogP contribution in [0.4, 0.5) is 4.39 Å². The van der Waals surface area contributed by atoms with Crippen LogP contribution < -0.4 is 5.32 Å². The second-order valence-electron chi connectivity index (χ2n) is 3.50. The highest BCUT2D eigenvalue weighted by Crippen LogP contribution is 2.18.